The third-order valence-corrected chi connectivity index (χ3v) is 3.59. The van der Waals surface area contributed by atoms with Crippen LogP contribution >= 0.6 is 0 Å². The van der Waals surface area contributed by atoms with Crippen molar-refractivity contribution in [1.29, 1.82) is 0 Å². The highest BCUT2D eigenvalue weighted by molar-refractivity contribution is 6.00. The number of rotatable bonds is 7. The maximum Gasteiger partial charge on any atom is 0.268 e. The Morgan fingerprint density at radius 1 is 1.00 bits per heavy atom. The van der Waals surface area contributed by atoms with E-state index in [1.165, 1.54) is 6.92 Å². The van der Waals surface area contributed by atoms with E-state index in [0.29, 0.717) is 11.5 Å². The van der Waals surface area contributed by atoms with Crippen molar-refractivity contribution in [3.8, 4) is 11.5 Å². The Kier molecular flexibility index (Phi) is 6.79. The van der Waals surface area contributed by atoms with Crippen molar-refractivity contribution in [2.24, 2.45) is 0 Å². The van der Waals surface area contributed by atoms with Gasteiger partial charge in [0.2, 0.25) is 5.91 Å². The molecule has 0 saturated carbocycles. The van der Waals surface area contributed by atoms with E-state index in [2.05, 4.69) is 10.6 Å². The SMILES string of the molecule is COc1cccc(CNC(=O)/C(=C/c2ccccc2)NC(C)=O)c1OC. The molecular weight excluding hydrogens is 332 g/mol. The van der Waals surface area contributed by atoms with Crippen molar-refractivity contribution >= 4 is 17.9 Å². The van der Waals surface area contributed by atoms with Gasteiger partial charge in [-0.25, -0.2) is 0 Å². The van der Waals surface area contributed by atoms with Gasteiger partial charge in [-0.15, -0.1) is 0 Å². The molecule has 0 radical (unpaired) electrons. The zero-order chi connectivity index (χ0) is 18.9. The van der Waals surface area contributed by atoms with Crippen molar-refractivity contribution in [3.05, 3.63) is 65.4 Å². The van der Waals surface area contributed by atoms with Crippen LogP contribution in [0.15, 0.2) is 54.2 Å². The van der Waals surface area contributed by atoms with Crippen LogP contribution in [0.25, 0.3) is 6.08 Å². The first-order chi connectivity index (χ1) is 12.5. The maximum atomic E-state index is 12.5. The highest BCUT2D eigenvalue weighted by atomic mass is 16.5. The van der Waals surface area contributed by atoms with Gasteiger partial charge in [-0.1, -0.05) is 42.5 Å². The van der Waals surface area contributed by atoms with Gasteiger partial charge in [-0.2, -0.15) is 0 Å². The number of benzene rings is 2. The summed E-state index contributed by atoms with van der Waals surface area (Å²) in [6.07, 6.45) is 1.62. The predicted molar refractivity (Wildman–Crippen MR) is 99.6 cm³/mol. The average Bonchev–Trinajstić information content (AvgIpc) is 2.65. The van der Waals surface area contributed by atoms with Crippen molar-refractivity contribution in [2.75, 3.05) is 14.2 Å². The van der Waals surface area contributed by atoms with Crippen LogP contribution in [0.4, 0.5) is 0 Å². The van der Waals surface area contributed by atoms with E-state index >= 15 is 0 Å². The predicted octanol–water partition coefficient (Wildman–Crippen LogP) is 2.50. The smallest absolute Gasteiger partial charge is 0.268 e. The first-order valence-corrected chi connectivity index (χ1v) is 8.07. The van der Waals surface area contributed by atoms with Crippen LogP contribution in [-0.4, -0.2) is 26.0 Å². The lowest BCUT2D eigenvalue weighted by molar-refractivity contribution is -0.122. The fraction of sp³-hybridized carbons (Fsp3) is 0.200. The van der Waals surface area contributed by atoms with Crippen molar-refractivity contribution in [3.63, 3.8) is 0 Å². The van der Waals surface area contributed by atoms with Gasteiger partial charge in [-0.05, 0) is 17.7 Å². The minimum atomic E-state index is -0.395. The summed E-state index contributed by atoms with van der Waals surface area (Å²) in [4.78, 5) is 24.0. The van der Waals surface area contributed by atoms with E-state index in [4.69, 9.17) is 9.47 Å². The van der Waals surface area contributed by atoms with Crippen LogP contribution in [0.3, 0.4) is 0 Å². The minimum absolute atomic E-state index is 0.172. The number of hydrogen-bond donors (Lipinski definition) is 2. The maximum absolute atomic E-state index is 12.5. The lowest BCUT2D eigenvalue weighted by atomic mass is 10.1. The summed E-state index contributed by atoms with van der Waals surface area (Å²) < 4.78 is 10.6. The lowest BCUT2D eigenvalue weighted by Gasteiger charge is -2.14. The molecular formula is C20H22N2O4. The zero-order valence-corrected chi connectivity index (χ0v) is 15.0. The van der Waals surface area contributed by atoms with E-state index in [1.54, 1.807) is 26.4 Å². The monoisotopic (exact) mass is 354 g/mol. The lowest BCUT2D eigenvalue weighted by Crippen LogP contribution is -2.33. The molecule has 6 heteroatoms. The van der Waals surface area contributed by atoms with Crippen LogP contribution in [0.2, 0.25) is 0 Å². The molecule has 26 heavy (non-hydrogen) atoms. The Morgan fingerprint density at radius 2 is 1.73 bits per heavy atom. The second kappa shape index (κ2) is 9.27. The summed E-state index contributed by atoms with van der Waals surface area (Å²) in [6.45, 7) is 1.59. The summed E-state index contributed by atoms with van der Waals surface area (Å²) in [5, 5.41) is 5.36. The molecule has 0 aliphatic rings. The summed E-state index contributed by atoms with van der Waals surface area (Å²) in [6, 6.07) is 14.7. The van der Waals surface area contributed by atoms with Gasteiger partial charge in [-0.3, -0.25) is 9.59 Å². The second-order valence-corrected chi connectivity index (χ2v) is 5.49. The molecule has 0 aliphatic carbocycles. The first kappa shape index (κ1) is 19.1. The minimum Gasteiger partial charge on any atom is -0.493 e. The van der Waals surface area contributed by atoms with E-state index < -0.39 is 5.91 Å². The van der Waals surface area contributed by atoms with Crippen LogP contribution < -0.4 is 20.1 Å². The Balaban J connectivity index is 2.18. The van der Waals surface area contributed by atoms with E-state index in [1.807, 2.05) is 42.5 Å². The van der Waals surface area contributed by atoms with Crippen LogP contribution in [0.1, 0.15) is 18.1 Å². The Morgan fingerprint density at radius 3 is 2.35 bits per heavy atom. The quantitative estimate of drug-likeness (QED) is 0.749. The van der Waals surface area contributed by atoms with Gasteiger partial charge in [0.25, 0.3) is 5.91 Å². The third-order valence-electron chi connectivity index (χ3n) is 3.59. The molecule has 2 N–H and O–H groups in total. The largest absolute Gasteiger partial charge is 0.493 e. The fourth-order valence-electron chi connectivity index (χ4n) is 2.43. The zero-order valence-electron chi connectivity index (χ0n) is 15.0. The molecule has 0 spiro atoms. The van der Waals surface area contributed by atoms with E-state index in [9.17, 15) is 9.59 Å². The summed E-state index contributed by atoms with van der Waals surface area (Å²) in [5.74, 6) is 0.430. The Labute approximate surface area is 152 Å². The molecule has 2 amide bonds. The molecule has 2 aromatic rings. The molecule has 2 rings (SSSR count). The topological polar surface area (TPSA) is 76.7 Å². The van der Waals surface area contributed by atoms with Crippen molar-refractivity contribution in [2.45, 2.75) is 13.5 Å². The molecule has 0 saturated heterocycles. The van der Waals surface area contributed by atoms with Gasteiger partial charge >= 0.3 is 0 Å². The molecule has 136 valence electrons. The summed E-state index contributed by atoms with van der Waals surface area (Å²) >= 11 is 0. The van der Waals surface area contributed by atoms with Gasteiger partial charge < -0.3 is 20.1 Å². The highest BCUT2D eigenvalue weighted by Crippen LogP contribution is 2.30. The van der Waals surface area contributed by atoms with Crippen LogP contribution in [-0.2, 0) is 16.1 Å². The number of para-hydroxylation sites is 1. The van der Waals surface area contributed by atoms with Gasteiger partial charge in [0.15, 0.2) is 11.5 Å². The standard InChI is InChI=1S/C20H22N2O4/c1-14(23)22-17(12-15-8-5-4-6-9-15)20(24)21-13-16-10-7-11-18(25-2)19(16)26-3/h4-12H,13H2,1-3H3,(H,21,24)(H,22,23)/b17-12-. The number of amides is 2. The fourth-order valence-corrected chi connectivity index (χ4v) is 2.43. The first-order valence-electron chi connectivity index (χ1n) is 8.07. The Bertz CT molecular complexity index is 801. The third kappa shape index (κ3) is 5.11. The van der Waals surface area contributed by atoms with Crippen molar-refractivity contribution in [1.82, 2.24) is 10.6 Å². The van der Waals surface area contributed by atoms with Crippen LogP contribution in [0.5, 0.6) is 11.5 Å². The highest BCUT2D eigenvalue weighted by Gasteiger charge is 2.14. The van der Waals surface area contributed by atoms with E-state index in [-0.39, 0.29) is 18.1 Å². The molecule has 0 fully saturated rings. The molecule has 2 aromatic carbocycles. The average molecular weight is 354 g/mol. The van der Waals surface area contributed by atoms with E-state index in [0.717, 1.165) is 11.1 Å². The number of carbonyl (C=O) groups is 2. The molecule has 0 bridgehead atoms. The number of methoxy groups -OCH3 is 2. The van der Waals surface area contributed by atoms with Crippen LogP contribution in [0, 0.1) is 0 Å². The molecule has 0 atom stereocenters. The molecule has 0 aliphatic heterocycles. The van der Waals surface area contributed by atoms with Crippen molar-refractivity contribution < 1.29 is 19.1 Å². The van der Waals surface area contributed by atoms with Gasteiger partial charge in [0, 0.05) is 19.0 Å². The summed E-state index contributed by atoms with van der Waals surface area (Å²) in [5.41, 5.74) is 1.75. The summed E-state index contributed by atoms with van der Waals surface area (Å²) in [7, 11) is 3.10. The number of nitrogens with one attached hydrogen (secondary N) is 2. The number of hydrogen-bond acceptors (Lipinski definition) is 4. The molecule has 0 unspecified atom stereocenters. The number of ether oxygens (including phenoxy) is 2. The molecule has 0 heterocycles. The molecule has 6 nitrogen and oxygen atoms in total. The Hall–Kier alpha value is -3.28. The normalized spacial score (nSPS) is 10.8. The van der Waals surface area contributed by atoms with Gasteiger partial charge in [0.05, 0.1) is 14.2 Å². The van der Waals surface area contributed by atoms with Gasteiger partial charge in [0.1, 0.15) is 5.70 Å². The number of carbonyl (C=O) groups excluding carboxylic acids is 2. The molecule has 0 aromatic heterocycles. The second-order valence-electron chi connectivity index (χ2n) is 5.49.